The number of piperidine rings is 1. The Labute approximate surface area is 104 Å². The van der Waals surface area contributed by atoms with Crippen molar-refractivity contribution in [1.82, 2.24) is 15.1 Å². The Morgan fingerprint density at radius 2 is 1.94 bits per heavy atom. The zero-order valence-corrected chi connectivity index (χ0v) is 11.0. The third-order valence-corrected chi connectivity index (χ3v) is 3.88. The number of likely N-dealkylation sites (tertiary alicyclic amines) is 2. The normalized spacial score (nSPS) is 26.8. The molecule has 1 atom stereocenters. The van der Waals surface area contributed by atoms with E-state index in [1.54, 1.807) is 0 Å². The molecular weight excluding hydrogens is 214 g/mol. The predicted molar refractivity (Wildman–Crippen MR) is 69.0 cm³/mol. The van der Waals surface area contributed by atoms with Crippen molar-refractivity contribution in [2.45, 2.75) is 38.6 Å². The molecule has 0 aliphatic carbocycles. The summed E-state index contributed by atoms with van der Waals surface area (Å²) in [5, 5.41) is 3.26. The van der Waals surface area contributed by atoms with Gasteiger partial charge in [0.2, 0.25) is 5.91 Å². The van der Waals surface area contributed by atoms with Crippen LogP contribution in [0, 0.1) is 0 Å². The lowest BCUT2D eigenvalue weighted by atomic mass is 10.1. The van der Waals surface area contributed by atoms with E-state index in [1.165, 1.54) is 32.4 Å². The molecule has 2 aliphatic heterocycles. The van der Waals surface area contributed by atoms with Gasteiger partial charge < -0.3 is 15.1 Å². The summed E-state index contributed by atoms with van der Waals surface area (Å²) in [6, 6.07) is 0.0846. The maximum atomic E-state index is 12.0. The molecule has 17 heavy (non-hydrogen) atoms. The average Bonchev–Trinajstić information content (AvgIpc) is 2.70. The van der Waals surface area contributed by atoms with Crippen LogP contribution in [0.1, 0.15) is 32.6 Å². The van der Waals surface area contributed by atoms with E-state index in [0.29, 0.717) is 5.91 Å². The van der Waals surface area contributed by atoms with Crippen LogP contribution in [0.25, 0.3) is 0 Å². The van der Waals surface area contributed by atoms with Gasteiger partial charge in [0.1, 0.15) is 0 Å². The number of nitrogens with zero attached hydrogens (tertiary/aromatic N) is 2. The molecule has 4 nitrogen and oxygen atoms in total. The summed E-state index contributed by atoms with van der Waals surface area (Å²) in [5.74, 6) is 0.309. The summed E-state index contributed by atoms with van der Waals surface area (Å²) in [5.41, 5.74) is 0. The molecule has 0 bridgehead atoms. The fraction of sp³-hybridized carbons (Fsp3) is 0.923. The van der Waals surface area contributed by atoms with Crippen molar-refractivity contribution in [2.24, 2.45) is 0 Å². The maximum Gasteiger partial charge on any atom is 0.239 e. The second-order valence-electron chi connectivity index (χ2n) is 5.13. The fourth-order valence-corrected chi connectivity index (χ4v) is 2.84. The Morgan fingerprint density at radius 3 is 2.65 bits per heavy atom. The van der Waals surface area contributed by atoms with Gasteiger partial charge in [0, 0.05) is 19.6 Å². The highest BCUT2D eigenvalue weighted by molar-refractivity contribution is 5.83. The fourth-order valence-electron chi connectivity index (χ4n) is 2.84. The summed E-state index contributed by atoms with van der Waals surface area (Å²) in [6.07, 6.45) is 5.01. The summed E-state index contributed by atoms with van der Waals surface area (Å²) in [7, 11) is 0. The molecule has 2 rings (SSSR count). The van der Waals surface area contributed by atoms with Gasteiger partial charge in [-0.15, -0.1) is 0 Å². The Hall–Kier alpha value is -0.610. The van der Waals surface area contributed by atoms with Crippen LogP contribution in [0.4, 0.5) is 0 Å². The molecule has 98 valence electrons. The molecule has 0 aromatic heterocycles. The first kappa shape index (κ1) is 12.8. The molecule has 1 N–H and O–H groups in total. The van der Waals surface area contributed by atoms with Crippen LogP contribution in [0.15, 0.2) is 0 Å². The first-order valence-electron chi connectivity index (χ1n) is 7.06. The van der Waals surface area contributed by atoms with E-state index in [-0.39, 0.29) is 6.04 Å². The SMILES string of the molecule is CCNC1CCN(CCN2CCCCC2)C1=O. The minimum atomic E-state index is 0.0846. The van der Waals surface area contributed by atoms with Crippen LogP contribution < -0.4 is 5.32 Å². The van der Waals surface area contributed by atoms with E-state index in [0.717, 1.165) is 32.6 Å². The van der Waals surface area contributed by atoms with Gasteiger partial charge in [-0.3, -0.25) is 4.79 Å². The van der Waals surface area contributed by atoms with Crippen molar-refractivity contribution in [3.8, 4) is 0 Å². The van der Waals surface area contributed by atoms with Gasteiger partial charge >= 0.3 is 0 Å². The molecule has 0 aromatic rings. The molecule has 1 unspecified atom stereocenters. The predicted octanol–water partition coefficient (Wildman–Crippen LogP) is 0.683. The first-order chi connectivity index (χ1) is 8.31. The van der Waals surface area contributed by atoms with Crippen LogP contribution in [-0.4, -0.2) is 61.0 Å². The molecule has 2 saturated heterocycles. The van der Waals surface area contributed by atoms with Crippen LogP contribution in [0.5, 0.6) is 0 Å². The molecule has 0 aromatic carbocycles. The van der Waals surface area contributed by atoms with Crippen molar-refractivity contribution in [1.29, 1.82) is 0 Å². The third-order valence-electron chi connectivity index (χ3n) is 3.88. The van der Waals surface area contributed by atoms with E-state index >= 15 is 0 Å². The van der Waals surface area contributed by atoms with E-state index in [1.807, 2.05) is 4.90 Å². The van der Waals surface area contributed by atoms with E-state index in [9.17, 15) is 4.79 Å². The van der Waals surface area contributed by atoms with Crippen molar-refractivity contribution < 1.29 is 4.79 Å². The Balaban J connectivity index is 1.70. The quantitative estimate of drug-likeness (QED) is 0.766. The summed E-state index contributed by atoms with van der Waals surface area (Å²) >= 11 is 0. The van der Waals surface area contributed by atoms with Crippen LogP contribution in [0.3, 0.4) is 0 Å². The lowest BCUT2D eigenvalue weighted by Gasteiger charge is -2.28. The highest BCUT2D eigenvalue weighted by atomic mass is 16.2. The Bertz CT molecular complexity index is 251. The number of hydrogen-bond donors (Lipinski definition) is 1. The molecule has 0 saturated carbocycles. The first-order valence-corrected chi connectivity index (χ1v) is 7.06. The van der Waals surface area contributed by atoms with Gasteiger partial charge in [-0.1, -0.05) is 13.3 Å². The zero-order valence-electron chi connectivity index (χ0n) is 11.0. The Kier molecular flexibility index (Phi) is 4.80. The third kappa shape index (κ3) is 3.42. The molecule has 2 aliphatic rings. The second-order valence-corrected chi connectivity index (χ2v) is 5.13. The molecular formula is C13H25N3O. The lowest BCUT2D eigenvalue weighted by Crippen LogP contribution is -2.42. The smallest absolute Gasteiger partial charge is 0.239 e. The number of carbonyl (C=O) groups is 1. The molecule has 2 fully saturated rings. The van der Waals surface area contributed by atoms with Crippen LogP contribution in [0.2, 0.25) is 0 Å². The van der Waals surface area contributed by atoms with E-state index < -0.39 is 0 Å². The van der Waals surface area contributed by atoms with Crippen molar-refractivity contribution in [3.05, 3.63) is 0 Å². The van der Waals surface area contributed by atoms with E-state index in [4.69, 9.17) is 0 Å². The molecule has 2 heterocycles. The Morgan fingerprint density at radius 1 is 1.18 bits per heavy atom. The molecule has 0 spiro atoms. The highest BCUT2D eigenvalue weighted by Crippen LogP contribution is 2.12. The standard InChI is InChI=1S/C13H25N3O/c1-2-14-12-6-9-16(13(12)17)11-10-15-7-4-3-5-8-15/h12,14H,2-11H2,1H3. The van der Waals surface area contributed by atoms with Crippen LogP contribution >= 0.6 is 0 Å². The van der Waals surface area contributed by atoms with Gasteiger partial charge in [0.25, 0.3) is 0 Å². The van der Waals surface area contributed by atoms with Crippen LogP contribution in [-0.2, 0) is 4.79 Å². The molecule has 0 radical (unpaired) electrons. The van der Waals surface area contributed by atoms with Crippen molar-refractivity contribution in [2.75, 3.05) is 39.3 Å². The second kappa shape index (κ2) is 6.36. The highest BCUT2D eigenvalue weighted by Gasteiger charge is 2.30. The molecule has 4 heteroatoms. The summed E-state index contributed by atoms with van der Waals surface area (Å²) in [4.78, 5) is 16.5. The zero-order chi connectivity index (χ0) is 12.1. The topological polar surface area (TPSA) is 35.6 Å². The number of amides is 1. The number of rotatable bonds is 5. The van der Waals surface area contributed by atoms with Gasteiger partial charge in [-0.2, -0.15) is 0 Å². The van der Waals surface area contributed by atoms with Crippen molar-refractivity contribution in [3.63, 3.8) is 0 Å². The summed E-state index contributed by atoms with van der Waals surface area (Å²) < 4.78 is 0. The number of carbonyl (C=O) groups excluding carboxylic acids is 1. The van der Waals surface area contributed by atoms with Gasteiger partial charge in [-0.05, 0) is 38.9 Å². The number of likely N-dealkylation sites (N-methyl/N-ethyl adjacent to an activating group) is 1. The largest absolute Gasteiger partial charge is 0.340 e. The monoisotopic (exact) mass is 239 g/mol. The summed E-state index contributed by atoms with van der Waals surface area (Å²) in [6.45, 7) is 8.30. The van der Waals surface area contributed by atoms with Gasteiger partial charge in [0.05, 0.1) is 6.04 Å². The molecule has 1 amide bonds. The van der Waals surface area contributed by atoms with Crippen molar-refractivity contribution >= 4 is 5.91 Å². The minimum absolute atomic E-state index is 0.0846. The van der Waals surface area contributed by atoms with Gasteiger partial charge in [-0.25, -0.2) is 0 Å². The van der Waals surface area contributed by atoms with Gasteiger partial charge in [0.15, 0.2) is 0 Å². The minimum Gasteiger partial charge on any atom is -0.340 e. The maximum absolute atomic E-state index is 12.0. The lowest BCUT2D eigenvalue weighted by molar-refractivity contribution is -0.129. The number of hydrogen-bond acceptors (Lipinski definition) is 3. The van der Waals surface area contributed by atoms with E-state index in [2.05, 4.69) is 17.1 Å². The number of nitrogens with one attached hydrogen (secondary N) is 1. The average molecular weight is 239 g/mol.